The molecule has 0 aliphatic rings. The molecule has 2 rings (SSSR count). The van der Waals surface area contributed by atoms with Crippen LogP contribution < -0.4 is 4.83 Å². The second-order valence-corrected chi connectivity index (χ2v) is 6.87. The molecule has 0 aromatic heterocycles. The van der Waals surface area contributed by atoms with Gasteiger partial charge in [-0.25, -0.2) is 4.83 Å². The predicted molar refractivity (Wildman–Crippen MR) is 83.5 cm³/mol. The number of nitrogens with one attached hydrogen (secondary N) is 1. The first-order valence-electron chi connectivity index (χ1n) is 5.53. The van der Waals surface area contributed by atoms with Crippen LogP contribution in [0.5, 0.6) is 0 Å². The number of sulfonamides is 1. The molecule has 0 radical (unpaired) electrons. The molecule has 0 spiro atoms. The van der Waals surface area contributed by atoms with Crippen LogP contribution in [0.25, 0.3) is 0 Å². The molecule has 7 heteroatoms. The van der Waals surface area contributed by atoms with Crippen molar-refractivity contribution >= 4 is 43.8 Å². The molecule has 0 fully saturated rings. The molecule has 104 valence electrons. The highest BCUT2D eigenvalue weighted by Crippen LogP contribution is 2.14. The van der Waals surface area contributed by atoms with Crippen molar-refractivity contribution in [2.24, 2.45) is 5.10 Å². The van der Waals surface area contributed by atoms with Crippen molar-refractivity contribution in [3.63, 3.8) is 0 Å². The number of hydrogen-bond acceptors (Lipinski definition) is 3. The van der Waals surface area contributed by atoms with Gasteiger partial charge in [0.2, 0.25) is 0 Å². The Bertz CT molecular complexity index is 730. The normalized spacial score (nSPS) is 11.7. The maximum absolute atomic E-state index is 11.9. The molecule has 0 saturated heterocycles. The van der Waals surface area contributed by atoms with Gasteiger partial charge in [-0.05, 0) is 42.0 Å². The summed E-state index contributed by atoms with van der Waals surface area (Å²) in [5.74, 6) is 0. The van der Waals surface area contributed by atoms with E-state index in [1.54, 1.807) is 36.4 Å². The Labute approximate surface area is 130 Å². The molecule has 0 unspecified atom stereocenters. The monoisotopic (exact) mass is 372 g/mol. The van der Waals surface area contributed by atoms with Gasteiger partial charge in [-0.2, -0.15) is 13.5 Å². The van der Waals surface area contributed by atoms with Crippen molar-refractivity contribution in [1.29, 1.82) is 0 Å². The van der Waals surface area contributed by atoms with Crippen LogP contribution in [0.4, 0.5) is 0 Å². The Balaban J connectivity index is 2.11. The second kappa shape index (κ2) is 6.39. The quantitative estimate of drug-likeness (QED) is 0.659. The van der Waals surface area contributed by atoms with E-state index in [1.807, 2.05) is 0 Å². The van der Waals surface area contributed by atoms with E-state index in [4.69, 9.17) is 11.6 Å². The summed E-state index contributed by atoms with van der Waals surface area (Å²) in [4.78, 5) is 2.29. The van der Waals surface area contributed by atoms with Gasteiger partial charge in [0.05, 0.1) is 11.1 Å². The molecule has 0 amide bonds. The smallest absolute Gasteiger partial charge is 0.200 e. The highest BCUT2D eigenvalue weighted by atomic mass is 79.9. The van der Waals surface area contributed by atoms with E-state index in [1.165, 1.54) is 18.3 Å². The zero-order valence-corrected chi connectivity index (χ0v) is 13.3. The maximum Gasteiger partial charge on any atom is 0.276 e. The summed E-state index contributed by atoms with van der Waals surface area (Å²) in [7, 11) is -3.66. The van der Waals surface area contributed by atoms with Crippen LogP contribution >= 0.6 is 27.5 Å². The van der Waals surface area contributed by atoms with E-state index in [-0.39, 0.29) is 4.90 Å². The van der Waals surface area contributed by atoms with Crippen molar-refractivity contribution in [3.05, 3.63) is 63.6 Å². The summed E-state index contributed by atoms with van der Waals surface area (Å²) >= 11 is 9.06. The minimum absolute atomic E-state index is 0.143. The minimum Gasteiger partial charge on any atom is -0.200 e. The molecule has 20 heavy (non-hydrogen) atoms. The highest BCUT2D eigenvalue weighted by Gasteiger charge is 2.11. The lowest BCUT2D eigenvalue weighted by atomic mass is 10.2. The number of rotatable bonds is 4. The van der Waals surface area contributed by atoms with Gasteiger partial charge in [0.1, 0.15) is 0 Å². The molecule has 0 atom stereocenters. The van der Waals surface area contributed by atoms with Crippen LogP contribution in [0, 0.1) is 0 Å². The second-order valence-electron chi connectivity index (χ2n) is 3.86. The zero-order valence-electron chi connectivity index (χ0n) is 10.1. The summed E-state index contributed by atoms with van der Waals surface area (Å²) < 4.78 is 24.7. The topological polar surface area (TPSA) is 58.5 Å². The summed E-state index contributed by atoms with van der Waals surface area (Å²) in [5.41, 5.74) is 0.705. The van der Waals surface area contributed by atoms with Crippen LogP contribution in [0.2, 0.25) is 5.02 Å². The Morgan fingerprint density at radius 3 is 2.50 bits per heavy atom. The van der Waals surface area contributed by atoms with Gasteiger partial charge >= 0.3 is 0 Å². The highest BCUT2D eigenvalue weighted by molar-refractivity contribution is 9.10. The average molecular weight is 374 g/mol. The standard InChI is InChI=1S/C13H10BrClN2O2S/c14-11-4-6-13(7-5-11)20(18,19)17-16-9-10-2-1-3-12(15)8-10/h1-9,17H/b16-9+. The predicted octanol–water partition coefficient (Wildman–Crippen LogP) is 3.41. The molecule has 0 heterocycles. The van der Waals surface area contributed by atoms with Gasteiger partial charge in [-0.1, -0.05) is 39.7 Å². The third-order valence-electron chi connectivity index (χ3n) is 2.36. The van der Waals surface area contributed by atoms with E-state index < -0.39 is 10.0 Å². The molecule has 2 aromatic carbocycles. The Hall–Kier alpha value is -1.37. The molecule has 4 nitrogen and oxygen atoms in total. The minimum atomic E-state index is -3.66. The van der Waals surface area contributed by atoms with Gasteiger partial charge in [0, 0.05) is 9.50 Å². The van der Waals surface area contributed by atoms with Crippen LogP contribution in [-0.4, -0.2) is 14.6 Å². The van der Waals surface area contributed by atoms with E-state index in [9.17, 15) is 8.42 Å². The lowest BCUT2D eigenvalue weighted by Crippen LogP contribution is -2.18. The first kappa shape index (κ1) is 15.0. The maximum atomic E-state index is 11.9. The third kappa shape index (κ3) is 4.06. The van der Waals surface area contributed by atoms with Crippen LogP contribution in [0.3, 0.4) is 0 Å². The fourth-order valence-electron chi connectivity index (χ4n) is 1.42. The SMILES string of the molecule is O=S(=O)(N/N=C/c1cccc(Cl)c1)c1ccc(Br)cc1. The summed E-state index contributed by atoms with van der Waals surface area (Å²) in [6.45, 7) is 0. The van der Waals surface area contributed by atoms with Crippen molar-refractivity contribution < 1.29 is 8.42 Å². The fraction of sp³-hybridized carbons (Fsp3) is 0. The third-order valence-corrected chi connectivity index (χ3v) is 4.36. The van der Waals surface area contributed by atoms with E-state index in [0.717, 1.165) is 4.47 Å². The van der Waals surface area contributed by atoms with E-state index in [0.29, 0.717) is 10.6 Å². The van der Waals surface area contributed by atoms with Gasteiger partial charge in [0.15, 0.2) is 0 Å². The lowest BCUT2D eigenvalue weighted by molar-refractivity contribution is 0.584. The largest absolute Gasteiger partial charge is 0.276 e. The Morgan fingerprint density at radius 2 is 1.85 bits per heavy atom. The Kier molecular flexibility index (Phi) is 4.80. The van der Waals surface area contributed by atoms with Crippen molar-refractivity contribution in [3.8, 4) is 0 Å². The molecular formula is C13H10BrClN2O2S. The van der Waals surface area contributed by atoms with E-state index in [2.05, 4.69) is 25.9 Å². The molecule has 0 bridgehead atoms. The van der Waals surface area contributed by atoms with Crippen molar-refractivity contribution in [2.75, 3.05) is 0 Å². The first-order chi connectivity index (χ1) is 9.47. The molecule has 0 aliphatic carbocycles. The van der Waals surface area contributed by atoms with Crippen LogP contribution in [0.1, 0.15) is 5.56 Å². The molecular weight excluding hydrogens is 364 g/mol. The molecule has 2 aromatic rings. The number of benzene rings is 2. The summed E-state index contributed by atoms with van der Waals surface area (Å²) in [6, 6.07) is 13.2. The van der Waals surface area contributed by atoms with Crippen LogP contribution in [-0.2, 0) is 10.0 Å². The zero-order chi connectivity index (χ0) is 14.6. The number of hydrazone groups is 1. The van der Waals surface area contributed by atoms with Gasteiger partial charge < -0.3 is 0 Å². The number of halogens is 2. The Morgan fingerprint density at radius 1 is 1.15 bits per heavy atom. The number of nitrogens with zero attached hydrogens (tertiary/aromatic N) is 1. The van der Waals surface area contributed by atoms with Gasteiger partial charge in [-0.3, -0.25) is 0 Å². The average Bonchev–Trinajstić information content (AvgIpc) is 2.39. The fourth-order valence-corrected chi connectivity index (χ4v) is 2.68. The summed E-state index contributed by atoms with van der Waals surface area (Å²) in [5, 5.41) is 4.28. The molecule has 1 N–H and O–H groups in total. The van der Waals surface area contributed by atoms with Gasteiger partial charge in [0.25, 0.3) is 10.0 Å². The number of hydrogen-bond donors (Lipinski definition) is 1. The van der Waals surface area contributed by atoms with Crippen LogP contribution in [0.15, 0.2) is 63.0 Å². The first-order valence-corrected chi connectivity index (χ1v) is 8.19. The summed E-state index contributed by atoms with van der Waals surface area (Å²) in [6.07, 6.45) is 1.39. The molecule has 0 saturated carbocycles. The molecule has 0 aliphatic heterocycles. The van der Waals surface area contributed by atoms with Gasteiger partial charge in [-0.15, -0.1) is 0 Å². The van der Waals surface area contributed by atoms with Crippen molar-refractivity contribution in [1.82, 2.24) is 4.83 Å². The lowest BCUT2D eigenvalue weighted by Gasteiger charge is -2.03. The van der Waals surface area contributed by atoms with E-state index >= 15 is 0 Å². The van der Waals surface area contributed by atoms with Crippen molar-refractivity contribution in [2.45, 2.75) is 4.90 Å².